The van der Waals surface area contributed by atoms with Gasteiger partial charge in [0.15, 0.2) is 0 Å². The second-order valence-electron chi connectivity index (χ2n) is 5.90. The van der Waals surface area contributed by atoms with Crippen molar-refractivity contribution in [2.24, 2.45) is 0 Å². The second-order valence-corrected chi connectivity index (χ2v) is 5.90. The van der Waals surface area contributed by atoms with Crippen LogP contribution in [0.3, 0.4) is 0 Å². The highest BCUT2D eigenvalue weighted by Gasteiger charge is 2.25. The Hall–Kier alpha value is -2.19. The first-order chi connectivity index (χ1) is 10.3. The molecule has 0 bridgehead atoms. The number of rotatable bonds is 1. The molecule has 21 heavy (non-hydrogen) atoms. The molecule has 2 heteroatoms. The molecule has 2 nitrogen and oxygen atoms in total. The maximum Gasteiger partial charge on any atom is 0.0497 e. The van der Waals surface area contributed by atoms with Crippen molar-refractivity contribution in [3.05, 3.63) is 77.6 Å². The van der Waals surface area contributed by atoms with Crippen LogP contribution in [0.15, 0.2) is 60.8 Å². The summed E-state index contributed by atoms with van der Waals surface area (Å²) in [5, 5.41) is 2.48. The topological polar surface area (TPSA) is 16.1 Å². The van der Waals surface area contributed by atoms with Crippen molar-refractivity contribution in [1.82, 2.24) is 9.88 Å². The van der Waals surface area contributed by atoms with E-state index >= 15 is 0 Å². The van der Waals surface area contributed by atoms with Gasteiger partial charge in [-0.1, -0.05) is 48.5 Å². The highest BCUT2D eigenvalue weighted by molar-refractivity contribution is 5.82. The molecule has 0 fully saturated rings. The SMILES string of the molecule is CN1Cc2ccccc2[C@H](c2cc3ccccc3cn2)C1. The van der Waals surface area contributed by atoms with Crippen molar-refractivity contribution in [3.63, 3.8) is 0 Å². The molecule has 0 saturated heterocycles. The number of aromatic nitrogens is 1. The summed E-state index contributed by atoms with van der Waals surface area (Å²) in [5.41, 5.74) is 4.03. The molecule has 0 N–H and O–H groups in total. The zero-order valence-corrected chi connectivity index (χ0v) is 12.2. The Morgan fingerprint density at radius 1 is 1.00 bits per heavy atom. The minimum absolute atomic E-state index is 0.365. The average molecular weight is 274 g/mol. The summed E-state index contributed by atoms with van der Waals surface area (Å²) in [7, 11) is 2.18. The fourth-order valence-electron chi connectivity index (χ4n) is 3.33. The van der Waals surface area contributed by atoms with Crippen LogP contribution in [-0.4, -0.2) is 23.5 Å². The van der Waals surface area contributed by atoms with Crippen LogP contribution in [0.1, 0.15) is 22.7 Å². The Balaban J connectivity index is 1.84. The Morgan fingerprint density at radius 2 is 1.76 bits per heavy atom. The predicted octanol–water partition coefficient (Wildman–Crippen LogP) is 3.81. The predicted molar refractivity (Wildman–Crippen MR) is 86.4 cm³/mol. The summed E-state index contributed by atoms with van der Waals surface area (Å²) in [6.45, 7) is 2.06. The van der Waals surface area contributed by atoms with Gasteiger partial charge in [-0.2, -0.15) is 0 Å². The van der Waals surface area contributed by atoms with Crippen molar-refractivity contribution >= 4 is 10.8 Å². The molecule has 0 aliphatic carbocycles. The van der Waals surface area contributed by atoms with E-state index in [9.17, 15) is 0 Å². The molecule has 1 aromatic heterocycles. The number of nitrogens with zero attached hydrogens (tertiary/aromatic N) is 2. The Labute approximate surface area is 125 Å². The number of fused-ring (bicyclic) bond motifs is 2. The van der Waals surface area contributed by atoms with Gasteiger partial charge in [0.05, 0.1) is 0 Å². The summed E-state index contributed by atoms with van der Waals surface area (Å²) in [5.74, 6) is 0.365. The van der Waals surface area contributed by atoms with Gasteiger partial charge in [0.25, 0.3) is 0 Å². The quantitative estimate of drug-likeness (QED) is 0.671. The first-order valence-electron chi connectivity index (χ1n) is 7.42. The molecule has 0 radical (unpaired) electrons. The van der Waals surface area contributed by atoms with Crippen molar-refractivity contribution in [2.75, 3.05) is 13.6 Å². The summed E-state index contributed by atoms with van der Waals surface area (Å²) < 4.78 is 0. The molecule has 2 aromatic carbocycles. The van der Waals surface area contributed by atoms with Crippen LogP contribution in [0.25, 0.3) is 10.8 Å². The van der Waals surface area contributed by atoms with E-state index in [-0.39, 0.29) is 0 Å². The highest BCUT2D eigenvalue weighted by Crippen LogP contribution is 2.32. The number of hydrogen-bond donors (Lipinski definition) is 0. The third-order valence-corrected chi connectivity index (χ3v) is 4.37. The smallest absolute Gasteiger partial charge is 0.0497 e. The first-order valence-corrected chi connectivity index (χ1v) is 7.42. The lowest BCUT2D eigenvalue weighted by Crippen LogP contribution is -2.31. The lowest BCUT2D eigenvalue weighted by Gasteiger charge is -2.32. The zero-order chi connectivity index (χ0) is 14.2. The van der Waals surface area contributed by atoms with Crippen molar-refractivity contribution < 1.29 is 0 Å². The van der Waals surface area contributed by atoms with Crippen molar-refractivity contribution in [1.29, 1.82) is 0 Å². The van der Waals surface area contributed by atoms with Gasteiger partial charge < -0.3 is 4.90 Å². The fraction of sp³-hybridized carbons (Fsp3) is 0.211. The van der Waals surface area contributed by atoms with Gasteiger partial charge in [-0.15, -0.1) is 0 Å². The highest BCUT2D eigenvalue weighted by atomic mass is 15.1. The average Bonchev–Trinajstić information content (AvgIpc) is 2.53. The zero-order valence-electron chi connectivity index (χ0n) is 12.2. The van der Waals surface area contributed by atoms with Crippen LogP contribution < -0.4 is 0 Å². The molecule has 0 spiro atoms. The van der Waals surface area contributed by atoms with E-state index in [1.165, 1.54) is 27.6 Å². The molecule has 0 amide bonds. The van der Waals surface area contributed by atoms with Gasteiger partial charge in [-0.05, 0) is 29.6 Å². The second kappa shape index (κ2) is 4.97. The van der Waals surface area contributed by atoms with Crippen LogP contribution in [-0.2, 0) is 6.54 Å². The van der Waals surface area contributed by atoms with Gasteiger partial charge in [0, 0.05) is 36.3 Å². The minimum Gasteiger partial charge on any atom is -0.301 e. The van der Waals surface area contributed by atoms with Crippen LogP contribution >= 0.6 is 0 Å². The van der Waals surface area contributed by atoms with Gasteiger partial charge in [0.2, 0.25) is 0 Å². The van der Waals surface area contributed by atoms with Gasteiger partial charge in [-0.25, -0.2) is 0 Å². The monoisotopic (exact) mass is 274 g/mol. The van der Waals surface area contributed by atoms with Crippen LogP contribution in [0.5, 0.6) is 0 Å². The van der Waals surface area contributed by atoms with E-state index in [1.54, 1.807) is 0 Å². The van der Waals surface area contributed by atoms with Crippen molar-refractivity contribution in [3.8, 4) is 0 Å². The molecule has 4 rings (SSSR count). The molecular weight excluding hydrogens is 256 g/mol. The molecule has 1 aliphatic heterocycles. The molecule has 0 unspecified atom stereocenters. The lowest BCUT2D eigenvalue weighted by atomic mass is 9.87. The molecule has 0 saturated carbocycles. The standard InChI is InChI=1S/C19H18N2/c1-21-12-16-8-4-5-9-17(16)18(13-21)19-10-14-6-2-3-7-15(14)11-20-19/h2-11,18H,12-13H2,1H3/t18-/m1/s1. The molecule has 3 aromatic rings. The van der Waals surface area contributed by atoms with Crippen molar-refractivity contribution in [2.45, 2.75) is 12.5 Å². The number of pyridine rings is 1. The van der Waals surface area contributed by atoms with Gasteiger partial charge in [0.1, 0.15) is 0 Å². The number of hydrogen-bond acceptors (Lipinski definition) is 2. The third-order valence-electron chi connectivity index (χ3n) is 4.37. The Kier molecular flexibility index (Phi) is 2.97. The molecule has 104 valence electrons. The third kappa shape index (κ3) is 2.22. The normalized spacial score (nSPS) is 18.6. The van der Waals surface area contributed by atoms with Gasteiger partial charge in [-0.3, -0.25) is 4.98 Å². The fourth-order valence-corrected chi connectivity index (χ4v) is 3.33. The number of likely N-dealkylation sites (N-methyl/N-ethyl adjacent to an activating group) is 1. The van der Waals surface area contributed by atoms with Crippen LogP contribution in [0.4, 0.5) is 0 Å². The first kappa shape index (κ1) is 12.5. The Bertz CT molecular complexity index is 794. The number of benzene rings is 2. The van der Waals surface area contributed by atoms with E-state index in [2.05, 4.69) is 66.5 Å². The Morgan fingerprint density at radius 3 is 2.67 bits per heavy atom. The van der Waals surface area contributed by atoms with E-state index in [0.29, 0.717) is 5.92 Å². The minimum atomic E-state index is 0.365. The van der Waals surface area contributed by atoms with Crippen LogP contribution in [0, 0.1) is 0 Å². The maximum atomic E-state index is 4.74. The summed E-state index contributed by atoms with van der Waals surface area (Å²) in [6.07, 6.45) is 2.00. The largest absolute Gasteiger partial charge is 0.301 e. The van der Waals surface area contributed by atoms with E-state index in [0.717, 1.165) is 13.1 Å². The molecular formula is C19H18N2. The molecule has 1 atom stereocenters. The van der Waals surface area contributed by atoms with E-state index < -0.39 is 0 Å². The van der Waals surface area contributed by atoms with E-state index in [1.807, 2.05) is 6.20 Å². The summed E-state index contributed by atoms with van der Waals surface area (Å²) >= 11 is 0. The maximum absolute atomic E-state index is 4.74. The van der Waals surface area contributed by atoms with E-state index in [4.69, 9.17) is 4.98 Å². The van der Waals surface area contributed by atoms with Crippen LogP contribution in [0.2, 0.25) is 0 Å². The molecule has 1 aliphatic rings. The van der Waals surface area contributed by atoms with Gasteiger partial charge >= 0.3 is 0 Å². The summed E-state index contributed by atoms with van der Waals surface area (Å²) in [6, 6.07) is 19.4. The lowest BCUT2D eigenvalue weighted by molar-refractivity contribution is 0.293. The summed E-state index contributed by atoms with van der Waals surface area (Å²) in [4.78, 5) is 7.12. The molecule has 2 heterocycles.